The highest BCUT2D eigenvalue weighted by Gasteiger charge is 2.16. The van der Waals surface area contributed by atoms with Crippen molar-refractivity contribution in [2.75, 3.05) is 0 Å². The number of hydrogen-bond donors (Lipinski definition) is 1. The molecule has 1 heterocycles. The van der Waals surface area contributed by atoms with Crippen molar-refractivity contribution in [1.82, 2.24) is 15.5 Å². The van der Waals surface area contributed by atoms with Gasteiger partial charge in [0.05, 0.1) is 11.5 Å². The van der Waals surface area contributed by atoms with E-state index in [1.807, 2.05) is 0 Å². The van der Waals surface area contributed by atoms with Gasteiger partial charge in [-0.15, -0.1) is 0 Å². The van der Waals surface area contributed by atoms with Crippen molar-refractivity contribution in [3.8, 4) is 11.4 Å². The number of benzene rings is 1. The van der Waals surface area contributed by atoms with Gasteiger partial charge in [0.25, 0.3) is 5.69 Å². The van der Waals surface area contributed by atoms with Crippen LogP contribution in [0.2, 0.25) is 0 Å². The van der Waals surface area contributed by atoms with Gasteiger partial charge in [0.2, 0.25) is 11.7 Å². The summed E-state index contributed by atoms with van der Waals surface area (Å²) in [5.74, 6) is 0.880. The third-order valence-corrected chi connectivity index (χ3v) is 3.68. The molecule has 0 radical (unpaired) electrons. The van der Waals surface area contributed by atoms with Crippen molar-refractivity contribution in [3.05, 3.63) is 40.3 Å². The number of non-ortho nitro benzene ring substituents is 1. The Balaban J connectivity index is 1.69. The topological polar surface area (TPSA) is 94.1 Å². The maximum atomic E-state index is 10.8. The fraction of sp³-hybridized carbons (Fsp3) is 0.429. The van der Waals surface area contributed by atoms with E-state index in [1.54, 1.807) is 12.1 Å². The summed E-state index contributed by atoms with van der Waals surface area (Å²) in [5, 5.41) is 18.0. The second-order valence-electron chi connectivity index (χ2n) is 5.18. The molecule has 21 heavy (non-hydrogen) atoms. The highest BCUT2D eigenvalue weighted by Crippen LogP contribution is 2.22. The SMILES string of the molecule is O=[N+]([O-])c1cccc(-c2noc(CNC3CCCC3)n2)c1. The molecular formula is C14H16N4O3. The molecule has 2 aromatic rings. The van der Waals surface area contributed by atoms with Crippen molar-refractivity contribution < 1.29 is 9.45 Å². The van der Waals surface area contributed by atoms with E-state index in [-0.39, 0.29) is 5.69 Å². The minimum absolute atomic E-state index is 0.0166. The van der Waals surface area contributed by atoms with Crippen LogP contribution in [0.25, 0.3) is 11.4 Å². The predicted octanol–water partition coefficient (Wildman–Crippen LogP) is 2.68. The van der Waals surface area contributed by atoms with Gasteiger partial charge in [-0.25, -0.2) is 0 Å². The molecule has 0 saturated heterocycles. The molecule has 1 aromatic carbocycles. The molecule has 0 bridgehead atoms. The van der Waals surface area contributed by atoms with Crippen molar-refractivity contribution >= 4 is 5.69 Å². The molecule has 110 valence electrons. The van der Waals surface area contributed by atoms with E-state index in [1.165, 1.54) is 37.8 Å². The van der Waals surface area contributed by atoms with Crippen LogP contribution in [-0.4, -0.2) is 21.1 Å². The Bertz CT molecular complexity index is 635. The number of nitro benzene ring substituents is 1. The zero-order chi connectivity index (χ0) is 14.7. The fourth-order valence-corrected chi connectivity index (χ4v) is 2.56. The van der Waals surface area contributed by atoms with Gasteiger partial charge in [0.15, 0.2) is 0 Å². The zero-order valence-corrected chi connectivity index (χ0v) is 11.5. The van der Waals surface area contributed by atoms with E-state index >= 15 is 0 Å². The van der Waals surface area contributed by atoms with Crippen molar-refractivity contribution in [3.63, 3.8) is 0 Å². The van der Waals surface area contributed by atoms with E-state index < -0.39 is 4.92 Å². The molecule has 0 atom stereocenters. The van der Waals surface area contributed by atoms with Crippen LogP contribution >= 0.6 is 0 Å². The number of rotatable bonds is 5. The summed E-state index contributed by atoms with van der Waals surface area (Å²) in [6, 6.07) is 6.75. The Morgan fingerprint density at radius 1 is 1.38 bits per heavy atom. The number of nitrogens with one attached hydrogen (secondary N) is 1. The molecule has 0 spiro atoms. The van der Waals surface area contributed by atoms with E-state index in [0.29, 0.717) is 29.9 Å². The number of nitro groups is 1. The van der Waals surface area contributed by atoms with Gasteiger partial charge in [-0.3, -0.25) is 10.1 Å². The molecular weight excluding hydrogens is 272 g/mol. The van der Waals surface area contributed by atoms with Gasteiger partial charge < -0.3 is 9.84 Å². The summed E-state index contributed by atoms with van der Waals surface area (Å²) in [6.45, 7) is 0.534. The van der Waals surface area contributed by atoms with Crippen LogP contribution in [-0.2, 0) is 6.54 Å². The quantitative estimate of drug-likeness (QED) is 0.671. The van der Waals surface area contributed by atoms with Crippen molar-refractivity contribution in [1.29, 1.82) is 0 Å². The van der Waals surface area contributed by atoms with Crippen molar-refractivity contribution in [2.24, 2.45) is 0 Å². The van der Waals surface area contributed by atoms with E-state index in [4.69, 9.17) is 4.52 Å². The van der Waals surface area contributed by atoms with E-state index in [0.717, 1.165) is 0 Å². The van der Waals surface area contributed by atoms with Crippen LogP contribution in [0.4, 0.5) is 5.69 Å². The molecule has 0 unspecified atom stereocenters. The summed E-state index contributed by atoms with van der Waals surface area (Å²) in [6.07, 6.45) is 4.90. The molecule has 1 aliphatic carbocycles. The molecule has 3 rings (SSSR count). The zero-order valence-electron chi connectivity index (χ0n) is 11.5. The average Bonchev–Trinajstić information content (AvgIpc) is 3.17. The number of aromatic nitrogens is 2. The van der Waals surface area contributed by atoms with Crippen LogP contribution in [0.1, 0.15) is 31.6 Å². The molecule has 1 N–H and O–H groups in total. The molecule has 0 aliphatic heterocycles. The van der Waals surface area contributed by atoms with Gasteiger partial charge in [0.1, 0.15) is 0 Å². The summed E-state index contributed by atoms with van der Waals surface area (Å²) < 4.78 is 5.19. The lowest BCUT2D eigenvalue weighted by molar-refractivity contribution is -0.384. The van der Waals surface area contributed by atoms with Gasteiger partial charge in [-0.1, -0.05) is 30.1 Å². The van der Waals surface area contributed by atoms with Gasteiger partial charge in [-0.2, -0.15) is 4.98 Å². The highest BCUT2D eigenvalue weighted by atomic mass is 16.6. The number of nitrogens with zero attached hydrogens (tertiary/aromatic N) is 3. The van der Waals surface area contributed by atoms with E-state index in [9.17, 15) is 10.1 Å². The van der Waals surface area contributed by atoms with Crippen LogP contribution < -0.4 is 5.32 Å². The van der Waals surface area contributed by atoms with Crippen LogP contribution in [0.3, 0.4) is 0 Å². The summed E-state index contributed by atoms with van der Waals surface area (Å²) in [7, 11) is 0. The smallest absolute Gasteiger partial charge is 0.270 e. The minimum atomic E-state index is -0.438. The van der Waals surface area contributed by atoms with Crippen molar-refractivity contribution in [2.45, 2.75) is 38.3 Å². The second-order valence-corrected chi connectivity index (χ2v) is 5.18. The van der Waals surface area contributed by atoms with Crippen LogP contribution in [0.15, 0.2) is 28.8 Å². The summed E-state index contributed by atoms with van der Waals surface area (Å²) in [5.41, 5.74) is 0.600. The fourth-order valence-electron chi connectivity index (χ4n) is 2.56. The summed E-state index contributed by atoms with van der Waals surface area (Å²) in [4.78, 5) is 14.6. The molecule has 1 aromatic heterocycles. The van der Waals surface area contributed by atoms with Gasteiger partial charge >= 0.3 is 0 Å². The standard InChI is InChI=1S/C14H16N4O3/c19-18(20)12-7-3-4-10(8-12)14-16-13(21-17-14)9-15-11-5-1-2-6-11/h3-4,7-8,11,15H,1-2,5-6,9H2. The maximum absolute atomic E-state index is 10.8. The lowest BCUT2D eigenvalue weighted by Gasteiger charge is -2.08. The second kappa shape index (κ2) is 6.01. The molecule has 1 fully saturated rings. The van der Waals surface area contributed by atoms with Gasteiger partial charge in [-0.05, 0) is 12.8 Å². The Morgan fingerprint density at radius 3 is 2.95 bits per heavy atom. The Kier molecular flexibility index (Phi) is 3.92. The predicted molar refractivity (Wildman–Crippen MR) is 75.5 cm³/mol. The third kappa shape index (κ3) is 3.25. The normalized spacial score (nSPS) is 15.4. The molecule has 1 saturated carbocycles. The molecule has 7 heteroatoms. The lowest BCUT2D eigenvalue weighted by Crippen LogP contribution is -2.25. The minimum Gasteiger partial charge on any atom is -0.338 e. The largest absolute Gasteiger partial charge is 0.338 e. The van der Waals surface area contributed by atoms with E-state index in [2.05, 4.69) is 15.5 Å². The molecule has 1 aliphatic rings. The third-order valence-electron chi connectivity index (χ3n) is 3.68. The maximum Gasteiger partial charge on any atom is 0.270 e. The molecule has 7 nitrogen and oxygen atoms in total. The lowest BCUT2D eigenvalue weighted by atomic mass is 10.2. The first-order chi connectivity index (χ1) is 10.2. The molecule has 0 amide bonds. The first kappa shape index (κ1) is 13.7. The first-order valence-electron chi connectivity index (χ1n) is 7.03. The first-order valence-corrected chi connectivity index (χ1v) is 7.03. The monoisotopic (exact) mass is 288 g/mol. The highest BCUT2D eigenvalue weighted by molar-refractivity contribution is 5.58. The van der Waals surface area contributed by atoms with Gasteiger partial charge in [0, 0.05) is 23.7 Å². The summed E-state index contributed by atoms with van der Waals surface area (Å²) >= 11 is 0. The van der Waals surface area contributed by atoms with Crippen LogP contribution in [0, 0.1) is 10.1 Å². The average molecular weight is 288 g/mol. The van der Waals surface area contributed by atoms with Crippen LogP contribution in [0.5, 0.6) is 0 Å². The Hall–Kier alpha value is -2.28. The number of hydrogen-bond acceptors (Lipinski definition) is 6. The Morgan fingerprint density at radius 2 is 2.19 bits per heavy atom. The Labute approximate surface area is 121 Å².